The van der Waals surface area contributed by atoms with Crippen molar-refractivity contribution in [3.63, 3.8) is 0 Å². The molecule has 1 heterocycles. The van der Waals surface area contributed by atoms with Gasteiger partial charge in [0.15, 0.2) is 17.5 Å². The third-order valence-electron chi connectivity index (χ3n) is 3.34. The molecule has 1 N–H and O–H groups in total. The molecule has 25 heavy (non-hydrogen) atoms. The lowest BCUT2D eigenvalue weighted by Crippen LogP contribution is -2.26. The summed E-state index contributed by atoms with van der Waals surface area (Å²) in [5.74, 6) is -3.83. The highest BCUT2D eigenvalue weighted by atomic mass is 19.2. The van der Waals surface area contributed by atoms with Gasteiger partial charge in [0.05, 0.1) is 5.69 Å². The Kier molecular flexibility index (Phi) is 4.34. The molecule has 3 aromatic rings. The molecule has 0 fully saturated rings. The van der Waals surface area contributed by atoms with Crippen molar-refractivity contribution in [2.45, 2.75) is 0 Å². The lowest BCUT2D eigenvalue weighted by Gasteiger charge is -2.09. The van der Waals surface area contributed by atoms with Crippen molar-refractivity contribution in [2.75, 3.05) is 5.32 Å². The van der Waals surface area contributed by atoms with Gasteiger partial charge in [-0.3, -0.25) is 14.2 Å². The van der Waals surface area contributed by atoms with Crippen LogP contribution in [-0.4, -0.2) is 15.5 Å². The quantitative estimate of drug-likeness (QED) is 0.794. The minimum atomic E-state index is -1.12. The van der Waals surface area contributed by atoms with Crippen LogP contribution in [0.4, 0.5) is 19.0 Å². The van der Waals surface area contributed by atoms with Crippen molar-refractivity contribution in [1.82, 2.24) is 9.55 Å². The van der Waals surface area contributed by atoms with E-state index in [9.17, 15) is 22.8 Å². The van der Waals surface area contributed by atoms with Gasteiger partial charge in [-0.05, 0) is 30.3 Å². The maximum absolute atomic E-state index is 13.4. The van der Waals surface area contributed by atoms with Gasteiger partial charge in [-0.25, -0.2) is 18.2 Å². The highest BCUT2D eigenvalue weighted by Crippen LogP contribution is 2.12. The van der Waals surface area contributed by atoms with E-state index >= 15 is 0 Å². The van der Waals surface area contributed by atoms with Gasteiger partial charge in [0.25, 0.3) is 11.5 Å². The normalized spacial score (nSPS) is 10.5. The molecule has 0 aliphatic rings. The van der Waals surface area contributed by atoms with E-state index in [4.69, 9.17) is 0 Å². The molecule has 2 aromatic carbocycles. The second-order valence-electron chi connectivity index (χ2n) is 5.01. The molecule has 0 spiro atoms. The third-order valence-corrected chi connectivity index (χ3v) is 3.34. The van der Waals surface area contributed by atoms with E-state index in [1.54, 1.807) is 0 Å². The Labute approximate surface area is 139 Å². The molecule has 126 valence electrons. The van der Waals surface area contributed by atoms with Crippen LogP contribution in [0, 0.1) is 17.5 Å². The van der Waals surface area contributed by atoms with Crippen LogP contribution in [0.25, 0.3) is 5.69 Å². The smallest absolute Gasteiger partial charge is 0.298 e. The monoisotopic (exact) mass is 345 g/mol. The van der Waals surface area contributed by atoms with Crippen LogP contribution >= 0.6 is 0 Å². The summed E-state index contributed by atoms with van der Waals surface area (Å²) in [6.45, 7) is 0. The van der Waals surface area contributed by atoms with Crippen molar-refractivity contribution in [2.24, 2.45) is 0 Å². The number of carbonyl (C=O) groups is 1. The lowest BCUT2D eigenvalue weighted by atomic mass is 10.2. The van der Waals surface area contributed by atoms with Crippen LogP contribution in [0.3, 0.4) is 0 Å². The summed E-state index contributed by atoms with van der Waals surface area (Å²) in [6.07, 6.45) is 2.46. The second kappa shape index (κ2) is 6.60. The van der Waals surface area contributed by atoms with Crippen molar-refractivity contribution in [3.05, 3.63) is 88.2 Å². The molecule has 0 saturated carbocycles. The zero-order valence-corrected chi connectivity index (χ0v) is 12.5. The average Bonchev–Trinajstić information content (AvgIpc) is 2.59. The van der Waals surface area contributed by atoms with Crippen molar-refractivity contribution in [1.29, 1.82) is 0 Å². The molecule has 0 aliphatic heterocycles. The number of hydrogen-bond donors (Lipinski definition) is 1. The van der Waals surface area contributed by atoms with E-state index in [2.05, 4.69) is 10.3 Å². The molecule has 0 unspecified atom stereocenters. The highest BCUT2D eigenvalue weighted by Gasteiger charge is 2.13. The van der Waals surface area contributed by atoms with Crippen LogP contribution in [0.5, 0.6) is 0 Å². The first-order valence-corrected chi connectivity index (χ1v) is 7.06. The fourth-order valence-electron chi connectivity index (χ4n) is 2.14. The van der Waals surface area contributed by atoms with Crippen LogP contribution in [0.2, 0.25) is 0 Å². The standard InChI is InChI=1S/C17H10F3N3O2/c18-11-3-1-2-10(8-11)16(24)22-15-17(25)23(7-6-21-15)12-4-5-13(19)14(20)9-12/h1-9H,(H,21,22,24). The molecule has 0 aliphatic carbocycles. The first kappa shape index (κ1) is 16.4. The lowest BCUT2D eigenvalue weighted by molar-refractivity contribution is 0.102. The zero-order chi connectivity index (χ0) is 18.0. The number of nitrogens with one attached hydrogen (secondary N) is 1. The van der Waals surface area contributed by atoms with Crippen molar-refractivity contribution in [3.8, 4) is 5.69 Å². The van der Waals surface area contributed by atoms with Gasteiger partial charge in [-0.2, -0.15) is 0 Å². The Hall–Kier alpha value is -3.42. The number of rotatable bonds is 3. The maximum atomic E-state index is 13.4. The van der Waals surface area contributed by atoms with Gasteiger partial charge in [0.2, 0.25) is 0 Å². The Bertz CT molecular complexity index is 1020. The van der Waals surface area contributed by atoms with Gasteiger partial charge in [-0.15, -0.1) is 0 Å². The summed E-state index contributed by atoms with van der Waals surface area (Å²) < 4.78 is 40.5. The number of hydrogen-bond acceptors (Lipinski definition) is 3. The number of anilines is 1. The molecule has 1 aromatic heterocycles. The average molecular weight is 345 g/mol. The number of amides is 1. The highest BCUT2D eigenvalue weighted by molar-refractivity contribution is 6.03. The van der Waals surface area contributed by atoms with Crippen LogP contribution < -0.4 is 10.9 Å². The predicted molar refractivity (Wildman–Crippen MR) is 84.1 cm³/mol. The summed E-state index contributed by atoms with van der Waals surface area (Å²) in [5, 5.41) is 2.27. The zero-order valence-electron chi connectivity index (χ0n) is 12.5. The molecule has 1 amide bonds. The van der Waals surface area contributed by atoms with Crippen LogP contribution in [0.15, 0.2) is 59.7 Å². The van der Waals surface area contributed by atoms with E-state index in [0.717, 1.165) is 22.8 Å². The van der Waals surface area contributed by atoms with E-state index in [0.29, 0.717) is 0 Å². The summed E-state index contributed by atoms with van der Waals surface area (Å²) in [6, 6.07) is 7.83. The number of aromatic nitrogens is 2. The summed E-state index contributed by atoms with van der Waals surface area (Å²) in [4.78, 5) is 28.2. The first-order valence-electron chi connectivity index (χ1n) is 7.06. The van der Waals surface area contributed by atoms with Gasteiger partial charge < -0.3 is 5.32 Å². The van der Waals surface area contributed by atoms with E-state index in [-0.39, 0.29) is 17.1 Å². The summed E-state index contributed by atoms with van der Waals surface area (Å²) >= 11 is 0. The molecule has 0 saturated heterocycles. The molecule has 0 atom stereocenters. The van der Waals surface area contributed by atoms with E-state index in [1.165, 1.54) is 36.7 Å². The van der Waals surface area contributed by atoms with E-state index in [1.807, 2.05) is 0 Å². The number of benzene rings is 2. The topological polar surface area (TPSA) is 64.0 Å². The third kappa shape index (κ3) is 3.42. The van der Waals surface area contributed by atoms with Crippen molar-refractivity contribution < 1.29 is 18.0 Å². The Morgan fingerprint density at radius 2 is 1.84 bits per heavy atom. The first-order chi connectivity index (χ1) is 12.0. The van der Waals surface area contributed by atoms with Crippen LogP contribution in [-0.2, 0) is 0 Å². The number of nitrogens with zero attached hydrogens (tertiary/aromatic N) is 2. The molecule has 3 rings (SSSR count). The fraction of sp³-hybridized carbons (Fsp3) is 0. The number of carbonyl (C=O) groups excluding carboxylic acids is 1. The number of halogens is 3. The molecule has 0 radical (unpaired) electrons. The maximum Gasteiger partial charge on any atom is 0.298 e. The minimum Gasteiger partial charge on any atom is -0.302 e. The van der Waals surface area contributed by atoms with Gasteiger partial charge in [0, 0.05) is 24.0 Å². The predicted octanol–water partition coefficient (Wildman–Crippen LogP) is 2.90. The van der Waals surface area contributed by atoms with Gasteiger partial charge >= 0.3 is 0 Å². The van der Waals surface area contributed by atoms with Crippen molar-refractivity contribution >= 4 is 11.7 Å². The summed E-state index contributed by atoms with van der Waals surface area (Å²) in [7, 11) is 0. The van der Waals surface area contributed by atoms with E-state index < -0.39 is 28.9 Å². The molecule has 0 bridgehead atoms. The molecular formula is C17H10F3N3O2. The Morgan fingerprint density at radius 1 is 1.04 bits per heavy atom. The SMILES string of the molecule is O=C(Nc1nccn(-c2ccc(F)c(F)c2)c1=O)c1cccc(F)c1. The second-order valence-corrected chi connectivity index (χ2v) is 5.01. The molecule has 5 nitrogen and oxygen atoms in total. The Morgan fingerprint density at radius 3 is 2.56 bits per heavy atom. The Balaban J connectivity index is 1.95. The minimum absolute atomic E-state index is 0.00410. The fourth-order valence-corrected chi connectivity index (χ4v) is 2.14. The van der Waals surface area contributed by atoms with Gasteiger partial charge in [-0.1, -0.05) is 6.07 Å². The van der Waals surface area contributed by atoms with Gasteiger partial charge in [0.1, 0.15) is 5.82 Å². The van der Waals surface area contributed by atoms with Crippen LogP contribution in [0.1, 0.15) is 10.4 Å². The summed E-state index contributed by atoms with van der Waals surface area (Å²) in [5.41, 5.74) is -0.685. The molecule has 8 heteroatoms. The largest absolute Gasteiger partial charge is 0.302 e. The molecular weight excluding hydrogens is 335 g/mol.